The molecular formula is C16H23NO2. The van der Waals surface area contributed by atoms with Gasteiger partial charge >= 0.3 is 0 Å². The van der Waals surface area contributed by atoms with Crippen molar-refractivity contribution in [2.45, 2.75) is 25.4 Å². The Morgan fingerprint density at radius 3 is 2.79 bits per heavy atom. The number of aliphatic hydroxyl groups excluding tert-OH is 1. The van der Waals surface area contributed by atoms with Gasteiger partial charge in [0.2, 0.25) is 0 Å². The van der Waals surface area contributed by atoms with Gasteiger partial charge in [-0.2, -0.15) is 0 Å². The van der Waals surface area contributed by atoms with Gasteiger partial charge in [-0.15, -0.1) is 0 Å². The van der Waals surface area contributed by atoms with Crippen molar-refractivity contribution in [1.29, 1.82) is 0 Å². The number of hydrogen-bond donors (Lipinski definition) is 1. The fourth-order valence-corrected chi connectivity index (χ4v) is 2.37. The molecule has 0 aliphatic carbocycles. The minimum absolute atomic E-state index is 0.101. The predicted molar refractivity (Wildman–Crippen MR) is 78.3 cm³/mol. The zero-order valence-corrected chi connectivity index (χ0v) is 11.6. The van der Waals surface area contributed by atoms with Gasteiger partial charge in [0.05, 0.1) is 13.2 Å². The van der Waals surface area contributed by atoms with E-state index in [0.717, 1.165) is 44.6 Å². The van der Waals surface area contributed by atoms with Crippen LogP contribution in [0.5, 0.6) is 5.75 Å². The molecule has 0 bridgehead atoms. The van der Waals surface area contributed by atoms with E-state index in [-0.39, 0.29) is 6.10 Å². The van der Waals surface area contributed by atoms with E-state index in [1.807, 2.05) is 12.1 Å². The van der Waals surface area contributed by atoms with E-state index in [9.17, 15) is 5.11 Å². The average Bonchev–Trinajstić information content (AvgIpc) is 2.65. The van der Waals surface area contributed by atoms with Gasteiger partial charge in [0.1, 0.15) is 5.75 Å². The predicted octanol–water partition coefficient (Wildman–Crippen LogP) is 2.56. The summed E-state index contributed by atoms with van der Waals surface area (Å²) < 4.78 is 5.14. The third kappa shape index (κ3) is 4.69. The van der Waals surface area contributed by atoms with Crippen LogP contribution in [-0.4, -0.2) is 42.9 Å². The number of rotatable bonds is 4. The summed E-state index contributed by atoms with van der Waals surface area (Å²) in [6.07, 6.45) is 7.17. The second-order valence-corrected chi connectivity index (χ2v) is 5.06. The van der Waals surface area contributed by atoms with E-state index in [1.54, 1.807) is 7.11 Å². The first-order valence-electron chi connectivity index (χ1n) is 6.99. The zero-order chi connectivity index (χ0) is 13.5. The molecule has 1 aromatic rings. The maximum Gasteiger partial charge on any atom is 0.118 e. The molecule has 104 valence electrons. The third-order valence-corrected chi connectivity index (χ3v) is 3.58. The van der Waals surface area contributed by atoms with Crippen LogP contribution < -0.4 is 4.74 Å². The van der Waals surface area contributed by atoms with Gasteiger partial charge in [-0.1, -0.05) is 24.3 Å². The van der Waals surface area contributed by atoms with Crippen molar-refractivity contribution in [3.63, 3.8) is 0 Å². The number of hydrogen-bond acceptors (Lipinski definition) is 3. The molecule has 1 aromatic carbocycles. The standard InChI is InChI=1S/C16H23NO2/c1-19-16-8-6-14(7-9-16)4-2-11-17-12-3-5-15(18)10-13-17/h2,4,6-9,15,18H,3,5,10-13H2,1H3/b4-2+. The first-order chi connectivity index (χ1) is 9.28. The molecule has 0 amide bonds. The molecule has 1 aliphatic heterocycles. The molecule has 1 aliphatic rings. The summed E-state index contributed by atoms with van der Waals surface area (Å²) in [4.78, 5) is 2.40. The highest BCUT2D eigenvalue weighted by Gasteiger charge is 2.13. The highest BCUT2D eigenvalue weighted by atomic mass is 16.5. The molecule has 1 heterocycles. The molecule has 0 aromatic heterocycles. The summed E-state index contributed by atoms with van der Waals surface area (Å²) in [5, 5.41) is 9.60. The fraction of sp³-hybridized carbons (Fsp3) is 0.500. The second kappa shape index (κ2) is 7.31. The molecule has 0 spiro atoms. The summed E-state index contributed by atoms with van der Waals surface area (Å²) in [5.74, 6) is 0.888. The molecule has 0 saturated carbocycles. The van der Waals surface area contributed by atoms with Crippen LogP contribution in [0.4, 0.5) is 0 Å². The SMILES string of the molecule is COc1ccc(/C=C/CN2CCCC(O)CC2)cc1. The summed E-state index contributed by atoms with van der Waals surface area (Å²) in [6, 6.07) is 8.06. The molecule has 19 heavy (non-hydrogen) atoms. The van der Waals surface area contributed by atoms with Crippen LogP contribution in [0.1, 0.15) is 24.8 Å². The van der Waals surface area contributed by atoms with E-state index in [2.05, 4.69) is 29.2 Å². The lowest BCUT2D eigenvalue weighted by molar-refractivity contribution is 0.156. The largest absolute Gasteiger partial charge is 0.497 e. The van der Waals surface area contributed by atoms with Crippen molar-refractivity contribution in [2.24, 2.45) is 0 Å². The highest BCUT2D eigenvalue weighted by Crippen LogP contribution is 2.13. The van der Waals surface area contributed by atoms with Crippen molar-refractivity contribution in [1.82, 2.24) is 4.90 Å². The van der Waals surface area contributed by atoms with Crippen molar-refractivity contribution >= 4 is 6.08 Å². The Bertz CT molecular complexity index is 400. The van der Waals surface area contributed by atoms with Crippen LogP contribution in [0.2, 0.25) is 0 Å². The van der Waals surface area contributed by atoms with Crippen molar-refractivity contribution in [2.75, 3.05) is 26.7 Å². The van der Waals surface area contributed by atoms with E-state index in [4.69, 9.17) is 4.74 Å². The minimum atomic E-state index is -0.101. The minimum Gasteiger partial charge on any atom is -0.497 e. The Labute approximate surface area is 115 Å². The van der Waals surface area contributed by atoms with Crippen molar-refractivity contribution in [3.05, 3.63) is 35.9 Å². The van der Waals surface area contributed by atoms with Gasteiger partial charge in [-0.05, 0) is 43.5 Å². The maximum atomic E-state index is 9.60. The number of benzene rings is 1. The number of ether oxygens (including phenoxy) is 1. The molecule has 1 atom stereocenters. The van der Waals surface area contributed by atoms with Crippen LogP contribution >= 0.6 is 0 Å². The molecule has 1 unspecified atom stereocenters. The van der Waals surface area contributed by atoms with E-state index >= 15 is 0 Å². The molecular weight excluding hydrogens is 238 g/mol. The molecule has 1 N–H and O–H groups in total. The third-order valence-electron chi connectivity index (χ3n) is 3.58. The van der Waals surface area contributed by atoms with Gasteiger partial charge in [0, 0.05) is 13.1 Å². The van der Waals surface area contributed by atoms with Crippen molar-refractivity contribution in [3.8, 4) is 5.75 Å². The Kier molecular flexibility index (Phi) is 5.43. The van der Waals surface area contributed by atoms with Gasteiger partial charge < -0.3 is 9.84 Å². The van der Waals surface area contributed by atoms with Crippen LogP contribution in [-0.2, 0) is 0 Å². The Morgan fingerprint density at radius 1 is 1.26 bits per heavy atom. The van der Waals surface area contributed by atoms with Crippen molar-refractivity contribution < 1.29 is 9.84 Å². The second-order valence-electron chi connectivity index (χ2n) is 5.06. The van der Waals surface area contributed by atoms with Crippen LogP contribution in [0.15, 0.2) is 30.3 Å². The Balaban J connectivity index is 1.81. The number of likely N-dealkylation sites (tertiary alicyclic amines) is 1. The summed E-state index contributed by atoms with van der Waals surface area (Å²) in [6.45, 7) is 3.04. The molecule has 3 heteroatoms. The summed E-state index contributed by atoms with van der Waals surface area (Å²) >= 11 is 0. The van der Waals surface area contributed by atoms with Crippen LogP contribution in [0.25, 0.3) is 6.08 Å². The number of aliphatic hydroxyl groups is 1. The van der Waals surface area contributed by atoms with Gasteiger partial charge in [0.15, 0.2) is 0 Å². The molecule has 3 nitrogen and oxygen atoms in total. The average molecular weight is 261 g/mol. The van der Waals surface area contributed by atoms with Gasteiger partial charge in [-0.3, -0.25) is 4.90 Å². The lowest BCUT2D eigenvalue weighted by atomic mass is 10.2. The van der Waals surface area contributed by atoms with E-state index in [1.165, 1.54) is 5.56 Å². The fourth-order valence-electron chi connectivity index (χ4n) is 2.37. The summed E-state index contributed by atoms with van der Waals surface area (Å²) in [5.41, 5.74) is 1.19. The first kappa shape index (κ1) is 14.1. The van der Waals surface area contributed by atoms with Crippen LogP contribution in [0.3, 0.4) is 0 Å². The van der Waals surface area contributed by atoms with E-state index < -0.39 is 0 Å². The van der Waals surface area contributed by atoms with E-state index in [0.29, 0.717) is 0 Å². The molecule has 0 radical (unpaired) electrons. The Hall–Kier alpha value is -1.32. The maximum absolute atomic E-state index is 9.60. The monoisotopic (exact) mass is 261 g/mol. The lowest BCUT2D eigenvalue weighted by Gasteiger charge is -2.17. The number of nitrogens with zero attached hydrogens (tertiary/aromatic N) is 1. The zero-order valence-electron chi connectivity index (χ0n) is 11.6. The number of methoxy groups -OCH3 is 1. The normalized spacial score (nSPS) is 21.5. The highest BCUT2D eigenvalue weighted by molar-refractivity contribution is 5.50. The van der Waals surface area contributed by atoms with Gasteiger partial charge in [-0.25, -0.2) is 0 Å². The van der Waals surface area contributed by atoms with Crippen LogP contribution in [0, 0.1) is 0 Å². The quantitative estimate of drug-likeness (QED) is 0.904. The summed E-state index contributed by atoms with van der Waals surface area (Å²) in [7, 11) is 1.68. The smallest absolute Gasteiger partial charge is 0.118 e. The molecule has 1 fully saturated rings. The van der Waals surface area contributed by atoms with Gasteiger partial charge in [0.25, 0.3) is 0 Å². The molecule has 1 saturated heterocycles. The lowest BCUT2D eigenvalue weighted by Crippen LogP contribution is -2.25. The topological polar surface area (TPSA) is 32.7 Å². The molecule has 2 rings (SSSR count). The Morgan fingerprint density at radius 2 is 2.05 bits per heavy atom. The first-order valence-corrected chi connectivity index (χ1v) is 6.99.